The van der Waals surface area contributed by atoms with Crippen molar-refractivity contribution in [3.05, 3.63) is 72.2 Å². The SMILES string of the molecule is CC(C)(C)c1cc(NC(=O)Nc2ccc(-n3nc(-c4ccc(C5CCN(CCO)CC5)cc4)c4c(N)ncnc43)cc2)no1. The van der Waals surface area contributed by atoms with E-state index in [9.17, 15) is 9.90 Å². The predicted molar refractivity (Wildman–Crippen MR) is 170 cm³/mol. The largest absolute Gasteiger partial charge is 0.395 e. The van der Waals surface area contributed by atoms with Gasteiger partial charge in [0.2, 0.25) is 0 Å². The van der Waals surface area contributed by atoms with Crippen LogP contribution in [0.25, 0.3) is 28.0 Å². The second-order valence-electron chi connectivity index (χ2n) is 12.1. The molecular formula is C32H37N9O3. The number of hydrogen-bond acceptors (Lipinski definition) is 9. The third-order valence-corrected chi connectivity index (χ3v) is 8.01. The highest BCUT2D eigenvalue weighted by Crippen LogP contribution is 2.34. The van der Waals surface area contributed by atoms with Crippen molar-refractivity contribution < 1.29 is 14.4 Å². The number of benzene rings is 2. The summed E-state index contributed by atoms with van der Waals surface area (Å²) in [6.07, 6.45) is 3.58. The average Bonchev–Trinajstić information content (AvgIpc) is 3.65. The number of carbonyl (C=O) groups is 1. The Morgan fingerprint density at radius 2 is 1.77 bits per heavy atom. The number of anilines is 3. The van der Waals surface area contributed by atoms with Crippen LogP contribution >= 0.6 is 0 Å². The van der Waals surface area contributed by atoms with Crippen LogP contribution in [-0.4, -0.2) is 67.2 Å². The second-order valence-corrected chi connectivity index (χ2v) is 12.1. The molecule has 0 atom stereocenters. The zero-order valence-corrected chi connectivity index (χ0v) is 25.1. The minimum Gasteiger partial charge on any atom is -0.395 e. The number of aromatic nitrogens is 5. The lowest BCUT2D eigenvalue weighted by molar-refractivity contribution is 0.164. The standard InChI is InChI=1S/C32H37N9O3/c1-32(2,3)25-18-26(39-44-25)37-31(43)36-23-8-10-24(11-9-23)41-30-27(29(33)34-19-35-30)28(38-41)22-6-4-20(5-7-22)21-12-14-40(15-13-21)16-17-42/h4-11,18-19,21,42H,12-17H2,1-3H3,(H2,33,34,35)(H2,36,37,39,43). The van der Waals surface area contributed by atoms with Gasteiger partial charge >= 0.3 is 6.03 Å². The molecule has 4 heterocycles. The number of piperidine rings is 1. The lowest BCUT2D eigenvalue weighted by Gasteiger charge is -2.31. The maximum Gasteiger partial charge on any atom is 0.324 e. The first-order valence-electron chi connectivity index (χ1n) is 14.8. The summed E-state index contributed by atoms with van der Waals surface area (Å²) in [4.78, 5) is 23.6. The number of fused-ring (bicyclic) bond motifs is 1. The highest BCUT2D eigenvalue weighted by Gasteiger charge is 2.23. The summed E-state index contributed by atoms with van der Waals surface area (Å²) < 4.78 is 7.07. The maximum absolute atomic E-state index is 12.6. The van der Waals surface area contributed by atoms with Crippen molar-refractivity contribution in [1.29, 1.82) is 0 Å². The number of nitrogens with one attached hydrogen (secondary N) is 2. The third-order valence-electron chi connectivity index (χ3n) is 8.01. The fourth-order valence-electron chi connectivity index (χ4n) is 5.55. The van der Waals surface area contributed by atoms with Gasteiger partial charge in [0.15, 0.2) is 11.5 Å². The zero-order chi connectivity index (χ0) is 30.8. The van der Waals surface area contributed by atoms with Crippen molar-refractivity contribution in [2.24, 2.45) is 0 Å². The molecule has 2 aromatic carbocycles. The first-order chi connectivity index (χ1) is 21.2. The molecule has 5 N–H and O–H groups in total. The Bertz CT molecular complexity index is 1750. The van der Waals surface area contributed by atoms with Crippen molar-refractivity contribution in [2.45, 2.75) is 44.9 Å². The Labute approximate surface area is 255 Å². The first-order valence-corrected chi connectivity index (χ1v) is 14.8. The molecule has 228 valence electrons. The maximum atomic E-state index is 12.6. The van der Waals surface area contributed by atoms with Crippen LogP contribution < -0.4 is 16.4 Å². The molecule has 2 amide bonds. The van der Waals surface area contributed by atoms with E-state index in [0.29, 0.717) is 45.7 Å². The van der Waals surface area contributed by atoms with Gasteiger partial charge in [-0.25, -0.2) is 19.4 Å². The van der Waals surface area contributed by atoms with Crippen LogP contribution in [0.3, 0.4) is 0 Å². The van der Waals surface area contributed by atoms with Crippen LogP contribution in [-0.2, 0) is 5.41 Å². The summed E-state index contributed by atoms with van der Waals surface area (Å²) in [6.45, 7) is 8.95. The molecule has 1 fully saturated rings. The van der Waals surface area contributed by atoms with Gasteiger partial charge in [-0.1, -0.05) is 50.2 Å². The minimum absolute atomic E-state index is 0.203. The Hall–Kier alpha value is -4.81. The summed E-state index contributed by atoms with van der Waals surface area (Å²) in [5.41, 5.74) is 11.0. The van der Waals surface area contributed by atoms with Crippen molar-refractivity contribution in [2.75, 3.05) is 42.6 Å². The van der Waals surface area contributed by atoms with Gasteiger partial charge < -0.3 is 25.6 Å². The Balaban J connectivity index is 1.19. The summed E-state index contributed by atoms with van der Waals surface area (Å²) in [5.74, 6) is 1.87. The lowest BCUT2D eigenvalue weighted by Crippen LogP contribution is -2.34. The van der Waals surface area contributed by atoms with E-state index in [0.717, 1.165) is 43.7 Å². The van der Waals surface area contributed by atoms with Crippen LogP contribution in [0.4, 0.5) is 22.1 Å². The molecule has 44 heavy (non-hydrogen) atoms. The fraction of sp³-hybridized carbons (Fsp3) is 0.344. The second kappa shape index (κ2) is 12.1. The molecule has 0 bridgehead atoms. The number of aliphatic hydroxyl groups is 1. The van der Waals surface area contributed by atoms with Gasteiger partial charge in [-0.2, -0.15) is 5.10 Å². The number of nitrogens with two attached hydrogens (primary N) is 1. The van der Waals surface area contributed by atoms with E-state index in [1.165, 1.54) is 11.9 Å². The Kier molecular flexibility index (Phi) is 8.02. The number of likely N-dealkylation sites (tertiary alicyclic amines) is 1. The summed E-state index contributed by atoms with van der Waals surface area (Å²) in [6, 6.07) is 17.1. The van der Waals surface area contributed by atoms with E-state index >= 15 is 0 Å². The number of carbonyl (C=O) groups excluding carboxylic acids is 1. The van der Waals surface area contributed by atoms with Crippen molar-refractivity contribution >= 4 is 34.4 Å². The monoisotopic (exact) mass is 595 g/mol. The summed E-state index contributed by atoms with van der Waals surface area (Å²) in [5, 5.41) is 24.3. The normalized spacial score (nSPS) is 14.6. The van der Waals surface area contributed by atoms with Crippen molar-refractivity contribution in [3.63, 3.8) is 0 Å². The van der Waals surface area contributed by atoms with Gasteiger partial charge in [0.1, 0.15) is 23.6 Å². The molecular weight excluding hydrogens is 558 g/mol. The molecule has 0 radical (unpaired) electrons. The lowest BCUT2D eigenvalue weighted by atomic mass is 9.89. The topological polar surface area (TPSA) is 160 Å². The molecule has 12 nitrogen and oxygen atoms in total. The number of β-amino-alcohol motifs (C(OH)–C–C–N with tert-alkyl or cyclic N) is 1. The minimum atomic E-state index is -0.432. The number of aliphatic hydroxyl groups excluding tert-OH is 1. The molecule has 1 aliphatic rings. The van der Waals surface area contributed by atoms with Gasteiger partial charge in [-0.15, -0.1) is 0 Å². The number of nitrogens with zero attached hydrogens (tertiary/aromatic N) is 6. The van der Waals surface area contributed by atoms with E-state index in [2.05, 4.69) is 54.9 Å². The van der Waals surface area contributed by atoms with Crippen molar-refractivity contribution in [1.82, 2.24) is 29.8 Å². The van der Waals surface area contributed by atoms with E-state index in [1.54, 1.807) is 22.9 Å². The van der Waals surface area contributed by atoms with Gasteiger partial charge in [0.25, 0.3) is 0 Å². The van der Waals surface area contributed by atoms with E-state index < -0.39 is 6.03 Å². The zero-order valence-electron chi connectivity index (χ0n) is 25.1. The number of rotatable bonds is 7. The van der Waals surface area contributed by atoms with Crippen LogP contribution in [0.2, 0.25) is 0 Å². The Morgan fingerprint density at radius 1 is 1.05 bits per heavy atom. The van der Waals surface area contributed by atoms with Gasteiger partial charge in [-0.3, -0.25) is 5.32 Å². The van der Waals surface area contributed by atoms with E-state index in [1.807, 2.05) is 32.9 Å². The highest BCUT2D eigenvalue weighted by atomic mass is 16.5. The quantitative estimate of drug-likeness (QED) is 0.199. The van der Waals surface area contributed by atoms with E-state index in [-0.39, 0.29) is 12.0 Å². The third kappa shape index (κ3) is 6.12. The number of nitrogen functional groups attached to an aromatic ring is 1. The highest BCUT2D eigenvalue weighted by molar-refractivity contribution is 6.00. The van der Waals surface area contributed by atoms with Crippen LogP contribution in [0.1, 0.15) is 50.9 Å². The van der Waals surface area contributed by atoms with Crippen LogP contribution in [0.15, 0.2) is 65.4 Å². The van der Waals surface area contributed by atoms with E-state index in [4.69, 9.17) is 15.4 Å². The number of amides is 2. The number of urea groups is 1. The summed E-state index contributed by atoms with van der Waals surface area (Å²) in [7, 11) is 0. The molecule has 0 spiro atoms. The molecule has 5 aromatic rings. The predicted octanol–water partition coefficient (Wildman–Crippen LogP) is 5.17. The van der Waals surface area contributed by atoms with Crippen LogP contribution in [0.5, 0.6) is 0 Å². The van der Waals surface area contributed by atoms with Gasteiger partial charge in [-0.05, 0) is 61.7 Å². The molecule has 12 heteroatoms. The number of hydrogen-bond donors (Lipinski definition) is 4. The average molecular weight is 596 g/mol. The Morgan fingerprint density at radius 3 is 2.43 bits per heavy atom. The molecule has 3 aromatic heterocycles. The summed E-state index contributed by atoms with van der Waals surface area (Å²) >= 11 is 0. The van der Waals surface area contributed by atoms with Gasteiger partial charge in [0.05, 0.1) is 17.7 Å². The molecule has 6 rings (SSSR count). The molecule has 0 saturated carbocycles. The van der Waals surface area contributed by atoms with Crippen LogP contribution in [0, 0.1) is 0 Å². The fourth-order valence-corrected chi connectivity index (χ4v) is 5.55. The molecule has 1 aliphatic heterocycles. The van der Waals surface area contributed by atoms with Gasteiger partial charge in [0, 0.05) is 29.3 Å². The molecule has 0 aliphatic carbocycles. The first kappa shape index (κ1) is 29.3. The smallest absolute Gasteiger partial charge is 0.324 e. The molecule has 0 unspecified atom stereocenters. The van der Waals surface area contributed by atoms with Crippen molar-refractivity contribution in [3.8, 4) is 16.9 Å². The molecule has 1 saturated heterocycles.